The zero-order valence-electron chi connectivity index (χ0n) is 9.01. The zero-order valence-corrected chi connectivity index (χ0v) is 9.01. The normalized spacial score (nSPS) is 10.6. The second-order valence-electron chi connectivity index (χ2n) is 3.50. The molecule has 0 bridgehead atoms. The molecule has 0 amide bonds. The van der Waals surface area contributed by atoms with E-state index in [0.717, 1.165) is 22.2 Å². The van der Waals surface area contributed by atoms with Crippen molar-refractivity contribution in [3.05, 3.63) is 34.9 Å². The van der Waals surface area contributed by atoms with Crippen LogP contribution in [0, 0.1) is 4.91 Å². The van der Waals surface area contributed by atoms with E-state index in [4.69, 9.17) is 10.5 Å². The molecule has 1 heterocycles. The summed E-state index contributed by atoms with van der Waals surface area (Å²) in [6, 6.07) is 5.51. The van der Waals surface area contributed by atoms with Crippen LogP contribution in [0.15, 0.2) is 29.7 Å². The molecule has 0 atom stereocenters. The van der Waals surface area contributed by atoms with Gasteiger partial charge in [0.05, 0.1) is 17.9 Å². The summed E-state index contributed by atoms with van der Waals surface area (Å²) in [5.41, 5.74) is 7.31. The molecule has 0 aliphatic heterocycles. The van der Waals surface area contributed by atoms with Crippen LogP contribution in [0.2, 0.25) is 0 Å². The number of rotatable bonds is 4. The predicted octanol–water partition coefficient (Wildman–Crippen LogP) is 1.68. The first kappa shape index (κ1) is 10.6. The summed E-state index contributed by atoms with van der Waals surface area (Å²) in [6.45, 7) is 0.537. The number of hydrogen-bond donors (Lipinski definition) is 1. The summed E-state index contributed by atoms with van der Waals surface area (Å²) < 4.78 is 6.47. The molecule has 0 aliphatic rings. The van der Waals surface area contributed by atoms with Crippen molar-refractivity contribution < 1.29 is 4.74 Å². The van der Waals surface area contributed by atoms with E-state index in [1.54, 1.807) is 19.4 Å². The van der Waals surface area contributed by atoms with E-state index in [2.05, 4.69) is 5.29 Å². The molecule has 0 saturated carbocycles. The summed E-state index contributed by atoms with van der Waals surface area (Å²) in [5.74, 6) is 0.759. The molecule has 16 heavy (non-hydrogen) atoms. The third kappa shape index (κ3) is 1.65. The molecule has 5 heteroatoms. The van der Waals surface area contributed by atoms with Crippen molar-refractivity contribution in [3.63, 3.8) is 0 Å². The number of nitrogens with zero attached hydrogens (tertiary/aromatic N) is 2. The van der Waals surface area contributed by atoms with Crippen LogP contribution in [0.3, 0.4) is 0 Å². The Bertz CT molecular complexity index is 519. The second-order valence-corrected chi connectivity index (χ2v) is 3.50. The molecule has 1 aromatic carbocycles. The van der Waals surface area contributed by atoms with Gasteiger partial charge in [0.15, 0.2) is 0 Å². The van der Waals surface area contributed by atoms with E-state index < -0.39 is 0 Å². The van der Waals surface area contributed by atoms with Gasteiger partial charge in [0.25, 0.3) is 0 Å². The number of nitrogens with two attached hydrogens (primary N) is 1. The average molecular weight is 219 g/mol. The fourth-order valence-corrected chi connectivity index (χ4v) is 1.81. The molecule has 2 N–H and O–H groups in total. The lowest BCUT2D eigenvalue weighted by Crippen LogP contribution is -2.01. The number of fused-ring (bicyclic) bond motifs is 1. The molecule has 84 valence electrons. The van der Waals surface area contributed by atoms with Gasteiger partial charge >= 0.3 is 0 Å². The van der Waals surface area contributed by atoms with Crippen LogP contribution in [0.1, 0.15) is 5.56 Å². The van der Waals surface area contributed by atoms with Crippen molar-refractivity contribution >= 4 is 10.9 Å². The van der Waals surface area contributed by atoms with Crippen LogP contribution in [0.4, 0.5) is 0 Å². The summed E-state index contributed by atoms with van der Waals surface area (Å²) in [5, 5.41) is 3.90. The van der Waals surface area contributed by atoms with E-state index in [0.29, 0.717) is 13.0 Å². The number of aromatic nitrogens is 1. The highest BCUT2D eigenvalue weighted by molar-refractivity contribution is 5.85. The van der Waals surface area contributed by atoms with Crippen molar-refractivity contribution in [2.45, 2.75) is 6.42 Å². The number of hydrogen-bond acceptors (Lipinski definition) is 4. The van der Waals surface area contributed by atoms with Crippen molar-refractivity contribution in [1.82, 2.24) is 4.68 Å². The molecule has 1 aromatic heterocycles. The molecule has 2 rings (SSSR count). The first-order valence-corrected chi connectivity index (χ1v) is 5.02. The molecule has 0 saturated heterocycles. The topological polar surface area (TPSA) is 69.6 Å². The molecule has 0 aliphatic carbocycles. The molecule has 5 nitrogen and oxygen atoms in total. The highest BCUT2D eigenvalue weighted by atomic mass is 16.5. The Balaban J connectivity index is 2.65. The van der Waals surface area contributed by atoms with E-state index in [1.807, 2.05) is 12.1 Å². The summed E-state index contributed by atoms with van der Waals surface area (Å²) in [6.07, 6.45) is 2.43. The maximum atomic E-state index is 10.6. The minimum absolute atomic E-state index is 0.537. The molecule has 0 unspecified atom stereocenters. The highest BCUT2D eigenvalue weighted by Gasteiger charge is 2.09. The lowest BCUT2D eigenvalue weighted by molar-refractivity contribution is 0.415. The lowest BCUT2D eigenvalue weighted by atomic mass is 10.1. The number of methoxy groups -OCH3 is 1. The van der Waals surface area contributed by atoms with Gasteiger partial charge in [-0.1, -0.05) is 0 Å². The van der Waals surface area contributed by atoms with Crippen LogP contribution in [-0.4, -0.2) is 18.3 Å². The second kappa shape index (κ2) is 4.32. The summed E-state index contributed by atoms with van der Waals surface area (Å²) >= 11 is 0. The predicted molar refractivity (Wildman–Crippen MR) is 62.4 cm³/mol. The minimum atomic E-state index is 0.537. The van der Waals surface area contributed by atoms with Gasteiger partial charge in [0.2, 0.25) is 0 Å². The van der Waals surface area contributed by atoms with Gasteiger partial charge in [0.1, 0.15) is 5.75 Å². The third-order valence-corrected chi connectivity index (χ3v) is 2.58. The zero-order chi connectivity index (χ0) is 11.5. The number of benzene rings is 1. The average Bonchev–Trinajstić information content (AvgIpc) is 2.67. The smallest absolute Gasteiger partial charge is 0.119 e. The molecule has 0 radical (unpaired) electrons. The van der Waals surface area contributed by atoms with Gasteiger partial charge < -0.3 is 10.5 Å². The molecular formula is C11H13N3O2. The van der Waals surface area contributed by atoms with E-state index >= 15 is 0 Å². The van der Waals surface area contributed by atoms with Crippen molar-refractivity contribution in [2.24, 2.45) is 11.0 Å². The largest absolute Gasteiger partial charge is 0.497 e. The van der Waals surface area contributed by atoms with Crippen LogP contribution in [0.5, 0.6) is 5.75 Å². The van der Waals surface area contributed by atoms with Crippen LogP contribution in [0.25, 0.3) is 10.9 Å². The maximum absolute atomic E-state index is 10.6. The Morgan fingerprint density at radius 1 is 1.50 bits per heavy atom. The minimum Gasteiger partial charge on any atom is -0.497 e. The van der Waals surface area contributed by atoms with E-state index in [9.17, 15) is 4.91 Å². The lowest BCUT2D eigenvalue weighted by Gasteiger charge is -2.00. The van der Waals surface area contributed by atoms with Gasteiger partial charge in [-0.2, -0.15) is 0 Å². The van der Waals surface area contributed by atoms with Gasteiger partial charge in [0, 0.05) is 11.6 Å². The highest BCUT2D eigenvalue weighted by Crippen LogP contribution is 2.26. The van der Waals surface area contributed by atoms with Crippen LogP contribution >= 0.6 is 0 Å². The van der Waals surface area contributed by atoms with Crippen molar-refractivity contribution in [1.29, 1.82) is 0 Å². The first-order valence-electron chi connectivity index (χ1n) is 5.02. The van der Waals surface area contributed by atoms with Crippen LogP contribution < -0.4 is 10.5 Å². The van der Waals surface area contributed by atoms with Crippen LogP contribution in [-0.2, 0) is 6.42 Å². The quantitative estimate of drug-likeness (QED) is 0.795. The van der Waals surface area contributed by atoms with Crippen molar-refractivity contribution in [3.8, 4) is 5.75 Å². The van der Waals surface area contributed by atoms with E-state index in [1.165, 1.54) is 4.68 Å². The Morgan fingerprint density at radius 3 is 2.94 bits per heavy atom. The van der Waals surface area contributed by atoms with Gasteiger partial charge in [-0.05, 0) is 36.7 Å². The summed E-state index contributed by atoms with van der Waals surface area (Å²) in [4.78, 5) is 10.6. The SMILES string of the molecule is COc1ccc2c(c1)c(CCN)cn2N=O. The number of ether oxygens (including phenoxy) is 1. The monoisotopic (exact) mass is 219 g/mol. The Morgan fingerprint density at radius 2 is 2.31 bits per heavy atom. The Hall–Kier alpha value is -1.88. The fourth-order valence-electron chi connectivity index (χ4n) is 1.81. The standard InChI is InChI=1S/C11H13N3O2/c1-16-9-2-3-11-10(6-9)8(4-5-12)7-14(11)13-15/h2-3,6-7H,4-5,12H2,1H3. The van der Waals surface area contributed by atoms with E-state index in [-0.39, 0.29) is 0 Å². The van der Waals surface area contributed by atoms with Gasteiger partial charge in [-0.3, -0.25) is 0 Å². The molecule has 2 aromatic rings. The fraction of sp³-hybridized carbons (Fsp3) is 0.273. The Kier molecular flexibility index (Phi) is 2.87. The third-order valence-electron chi connectivity index (χ3n) is 2.58. The molecule has 0 spiro atoms. The molecular weight excluding hydrogens is 206 g/mol. The summed E-state index contributed by atoms with van der Waals surface area (Å²) in [7, 11) is 1.61. The molecule has 0 fully saturated rings. The Labute approximate surface area is 92.7 Å². The maximum Gasteiger partial charge on any atom is 0.119 e. The van der Waals surface area contributed by atoms with Gasteiger partial charge in [-0.25, -0.2) is 4.68 Å². The first-order chi connectivity index (χ1) is 7.80. The van der Waals surface area contributed by atoms with Gasteiger partial charge in [-0.15, -0.1) is 4.91 Å². The number of nitroso groups, excluding NO2 is 1. The van der Waals surface area contributed by atoms with Crippen molar-refractivity contribution in [2.75, 3.05) is 13.7 Å².